The van der Waals surface area contributed by atoms with Crippen LogP contribution >= 0.6 is 27.5 Å². The van der Waals surface area contributed by atoms with Gasteiger partial charge in [0.25, 0.3) is 0 Å². The number of allylic oxidation sites excluding steroid dienone is 3. The lowest BCUT2D eigenvalue weighted by molar-refractivity contribution is -0.187. The number of hydrogen-bond acceptors (Lipinski definition) is 14. The summed E-state index contributed by atoms with van der Waals surface area (Å²) in [6.07, 6.45) is 2.69. The molecule has 6 N–H and O–H groups in total. The van der Waals surface area contributed by atoms with Crippen molar-refractivity contribution in [3.8, 4) is 0 Å². The highest BCUT2D eigenvalue weighted by Gasteiger charge is 2.64. The SMILES string of the molecule is C=C(CBr)C(=O)OC(C)CCCCC(=O)C[C@H](C(=O)N[C@@H](CCCNC(N)=O)C(=O)Cc1ccc(NC(=O)O[C@H]2CC(=O)N(C)c3cc(cc(C)c3Cl)C/C(C)=C/C=C/[C@@H](OC)[C@]3(O)CC(=O)O[C@@H](C3)[C@@H](C)[C@@H]3O[C@@]23C)cc1C)C(C)C. The molecule has 4 bridgehead atoms. The maximum Gasteiger partial charge on any atom is 0.412 e. The van der Waals surface area contributed by atoms with Gasteiger partial charge in [-0.15, -0.1) is 0 Å². The number of aryl methyl sites for hydroxylation is 2. The van der Waals surface area contributed by atoms with Gasteiger partial charge in [0.05, 0.1) is 41.8 Å². The third-order valence-corrected chi connectivity index (χ3v) is 16.9. The van der Waals surface area contributed by atoms with Gasteiger partial charge in [-0.05, 0) is 120 Å². The second-order valence-electron chi connectivity index (χ2n) is 22.8. The van der Waals surface area contributed by atoms with E-state index in [1.54, 1.807) is 58.2 Å². The summed E-state index contributed by atoms with van der Waals surface area (Å²) in [5.74, 6) is -3.92. The minimum absolute atomic E-state index is 0.0188. The van der Waals surface area contributed by atoms with Crippen LogP contribution in [0.2, 0.25) is 5.02 Å². The van der Waals surface area contributed by atoms with Gasteiger partial charge >= 0.3 is 24.1 Å². The molecule has 5 amide bonds. The molecule has 2 aromatic carbocycles. The molecule has 3 heterocycles. The zero-order valence-electron chi connectivity index (χ0n) is 49.0. The Morgan fingerprint density at radius 3 is 2.40 bits per heavy atom. The van der Waals surface area contributed by atoms with E-state index in [2.05, 4.69) is 38.5 Å². The van der Waals surface area contributed by atoms with Gasteiger partial charge in [0.1, 0.15) is 35.3 Å². The average Bonchev–Trinajstić information content (AvgIpc) is 4.33. The molecule has 0 aromatic heterocycles. The second kappa shape index (κ2) is 30.1. The fourth-order valence-corrected chi connectivity index (χ4v) is 11.1. The van der Waals surface area contributed by atoms with E-state index < -0.39 is 89.4 Å². The van der Waals surface area contributed by atoms with Crippen molar-refractivity contribution in [3.05, 3.63) is 93.6 Å². The van der Waals surface area contributed by atoms with Crippen LogP contribution < -0.4 is 26.6 Å². The molecule has 1 unspecified atom stereocenters. The van der Waals surface area contributed by atoms with E-state index in [9.17, 15) is 43.5 Å². The Morgan fingerprint density at radius 1 is 1.02 bits per heavy atom. The number of epoxide rings is 1. The number of esters is 2. The third-order valence-electron chi connectivity index (χ3n) is 15.7. The number of hydrogen-bond donors (Lipinski definition) is 5. The smallest absolute Gasteiger partial charge is 0.412 e. The number of amides is 5. The zero-order chi connectivity index (χ0) is 60.8. The Kier molecular flexibility index (Phi) is 24.5. The van der Waals surface area contributed by atoms with E-state index in [0.717, 1.165) is 16.7 Å². The van der Waals surface area contributed by atoms with Gasteiger partial charge in [0.2, 0.25) is 11.8 Å². The number of halogens is 2. The third kappa shape index (κ3) is 18.5. The Balaban J connectivity index is 1.31. The number of ether oxygens (including phenoxy) is 5. The van der Waals surface area contributed by atoms with Crippen LogP contribution in [0.1, 0.15) is 128 Å². The molecule has 21 heteroatoms. The number of benzene rings is 2. The fraction of sp³-hybridized carbons (Fsp3) is 0.574. The van der Waals surface area contributed by atoms with Gasteiger partial charge in [-0.1, -0.05) is 90.8 Å². The van der Waals surface area contributed by atoms with Crippen LogP contribution in [0.4, 0.5) is 21.0 Å². The summed E-state index contributed by atoms with van der Waals surface area (Å²) in [6.45, 7) is 18.4. The molecule has 2 aromatic rings. The number of primary amides is 1. The molecule has 3 aliphatic rings. The first-order valence-electron chi connectivity index (χ1n) is 28.0. The maximum absolute atomic E-state index is 14.4. The maximum atomic E-state index is 14.4. The number of fused-ring (bicyclic) bond motifs is 5. The van der Waals surface area contributed by atoms with Gasteiger partial charge < -0.3 is 50.1 Å². The molecule has 0 aliphatic carbocycles. The normalized spacial score (nSPS) is 25.0. The lowest BCUT2D eigenvalue weighted by atomic mass is 9.78. The fourth-order valence-electron chi connectivity index (χ4n) is 10.7. The first-order valence-corrected chi connectivity index (χ1v) is 29.5. The van der Waals surface area contributed by atoms with E-state index in [1.807, 2.05) is 52.8 Å². The summed E-state index contributed by atoms with van der Waals surface area (Å²) in [5, 5.41) is 20.9. The molecule has 19 nitrogen and oxygen atoms in total. The van der Waals surface area contributed by atoms with Gasteiger partial charge in [-0.25, -0.2) is 14.4 Å². The van der Waals surface area contributed by atoms with Crippen LogP contribution in [0, 0.1) is 31.6 Å². The van der Waals surface area contributed by atoms with Crippen LogP contribution in [-0.2, 0) is 65.3 Å². The molecule has 5 rings (SSSR count). The highest BCUT2D eigenvalue weighted by molar-refractivity contribution is 9.09. The lowest BCUT2D eigenvalue weighted by Crippen LogP contribution is -2.53. The van der Waals surface area contributed by atoms with Crippen molar-refractivity contribution < 1.29 is 67.1 Å². The molecule has 10 atom stereocenters. The highest BCUT2D eigenvalue weighted by Crippen LogP contribution is 2.50. The number of aliphatic hydroxyl groups is 1. The highest BCUT2D eigenvalue weighted by atomic mass is 79.9. The summed E-state index contributed by atoms with van der Waals surface area (Å²) < 4.78 is 29.5. The van der Waals surface area contributed by atoms with E-state index in [1.165, 1.54) is 12.0 Å². The van der Waals surface area contributed by atoms with Crippen molar-refractivity contribution >= 4 is 86.3 Å². The summed E-state index contributed by atoms with van der Waals surface area (Å²) >= 11 is 10.1. The summed E-state index contributed by atoms with van der Waals surface area (Å²) in [5.41, 5.74) is 7.29. The number of methoxy groups -OCH3 is 1. The Hall–Kier alpha value is -5.93. The number of nitrogens with one attached hydrogen (secondary N) is 3. The number of urea groups is 1. The van der Waals surface area contributed by atoms with Gasteiger partial charge in [-0.3, -0.25) is 29.3 Å². The van der Waals surface area contributed by atoms with Crippen LogP contribution in [0.15, 0.2) is 66.3 Å². The summed E-state index contributed by atoms with van der Waals surface area (Å²) in [7, 11) is 3.06. The van der Waals surface area contributed by atoms with E-state index >= 15 is 0 Å². The summed E-state index contributed by atoms with van der Waals surface area (Å²) in [6, 6.07) is 6.99. The number of carbonyl (C=O) groups excluding carboxylic acids is 8. The van der Waals surface area contributed by atoms with Crippen LogP contribution in [0.3, 0.4) is 0 Å². The lowest BCUT2D eigenvalue weighted by Gasteiger charge is -2.41. The Labute approximate surface area is 495 Å². The average molecular weight is 1230 g/mol. The zero-order valence-corrected chi connectivity index (χ0v) is 51.3. The molecular weight excluding hydrogens is 1140 g/mol. The van der Waals surface area contributed by atoms with E-state index in [-0.39, 0.29) is 75.1 Å². The minimum atomic E-state index is -1.62. The van der Waals surface area contributed by atoms with Gasteiger partial charge in [0, 0.05) is 74.8 Å². The molecule has 0 spiro atoms. The predicted molar refractivity (Wildman–Crippen MR) is 316 cm³/mol. The van der Waals surface area contributed by atoms with Crippen molar-refractivity contribution in [2.24, 2.45) is 23.5 Å². The summed E-state index contributed by atoms with van der Waals surface area (Å²) in [4.78, 5) is 108. The molecule has 0 saturated carbocycles. The van der Waals surface area contributed by atoms with Crippen molar-refractivity contribution in [2.75, 3.05) is 36.2 Å². The number of carbonyl (C=O) groups is 8. The number of unbranched alkanes of at least 4 members (excludes halogenated alkanes) is 1. The van der Waals surface area contributed by atoms with E-state index in [4.69, 9.17) is 41.0 Å². The van der Waals surface area contributed by atoms with Crippen LogP contribution in [0.25, 0.3) is 0 Å². The largest absolute Gasteiger partial charge is 0.462 e. The van der Waals surface area contributed by atoms with Crippen LogP contribution in [-0.4, -0.2) is 126 Å². The standard InChI is InChI=1S/C61H83BrClN5O14/c1-34(2)45(29-44(69)18-13-12-17-39(7)79-57(74)38(6)33-62)56(73)67-46(19-15-23-65-58(64)75)48(70)28-42-21-22-43(26-36(42)4)66-59(76)81-51-30-52(71)68(10)47-27-41(25-37(5)54(47)63)24-35(3)16-14-20-50(78-11)61(77)31-49(80-53(72)32-61)40(8)55-60(51,9)82-55/h14,16,20-22,25-27,34,39-40,45-46,49-51,55,77H,6,12-13,15,17-19,23-24,28-33H2,1-5,7-11H3,(H,66,76)(H,67,73)(H3,64,65,75)/b20-14+,35-16+/t39?,40-,45+,46+,49+,50-,51+,55+,60+,61-/m1/s1. The molecule has 450 valence electrons. The number of nitrogens with zero attached hydrogens (tertiary/aromatic N) is 1. The van der Waals surface area contributed by atoms with E-state index in [0.29, 0.717) is 70.5 Å². The number of ketones is 2. The Bertz CT molecular complexity index is 2770. The quantitative estimate of drug-likeness (QED) is 0.0174. The minimum Gasteiger partial charge on any atom is -0.462 e. The van der Waals surface area contributed by atoms with Crippen molar-refractivity contribution in [1.29, 1.82) is 0 Å². The number of nitrogens with two attached hydrogens (primary N) is 1. The number of alkyl halides is 1. The van der Waals surface area contributed by atoms with Crippen molar-refractivity contribution in [2.45, 2.75) is 180 Å². The topological polar surface area (TPSA) is 272 Å². The predicted octanol–water partition coefficient (Wildman–Crippen LogP) is 8.95. The molecule has 82 heavy (non-hydrogen) atoms. The van der Waals surface area contributed by atoms with Gasteiger partial charge in [-0.2, -0.15) is 0 Å². The molecule has 2 saturated heterocycles. The monoisotopic (exact) mass is 1220 g/mol. The van der Waals surface area contributed by atoms with Crippen molar-refractivity contribution in [3.63, 3.8) is 0 Å². The van der Waals surface area contributed by atoms with Crippen LogP contribution in [0.5, 0.6) is 0 Å². The molecular formula is C61H83BrClN5O14. The second-order valence-corrected chi connectivity index (χ2v) is 23.8. The first-order chi connectivity index (χ1) is 38.6. The first kappa shape index (κ1) is 66.9. The van der Waals surface area contributed by atoms with Crippen molar-refractivity contribution in [1.82, 2.24) is 10.6 Å². The number of Topliss-reactive ketones (excluding diaryl/α,β-unsaturated/α-hetero) is 2. The molecule has 2 fully saturated rings. The molecule has 3 aliphatic heterocycles. The number of anilines is 2. The molecule has 0 radical (unpaired) electrons. The Morgan fingerprint density at radius 2 is 1.74 bits per heavy atom. The number of rotatable bonds is 23. The van der Waals surface area contributed by atoms with Gasteiger partial charge in [0.15, 0.2) is 5.78 Å².